The number of benzene rings is 1. The molecule has 2 aromatic heterocycles. The Kier molecular flexibility index (Phi) is 5.01. The van der Waals surface area contributed by atoms with Crippen molar-refractivity contribution in [3.05, 3.63) is 41.1 Å². The Labute approximate surface area is 175 Å². The van der Waals surface area contributed by atoms with Gasteiger partial charge in [-0.1, -0.05) is 0 Å². The number of hydrogen-bond acceptors (Lipinski definition) is 6. The number of pyridine rings is 1. The van der Waals surface area contributed by atoms with E-state index in [1.165, 1.54) is 6.26 Å². The Balaban J connectivity index is 1.57. The lowest BCUT2D eigenvalue weighted by Gasteiger charge is -2.29. The van der Waals surface area contributed by atoms with Crippen LogP contribution >= 0.6 is 0 Å². The summed E-state index contributed by atoms with van der Waals surface area (Å²) < 4.78 is 31.1. The molecule has 1 aliphatic heterocycles. The van der Waals surface area contributed by atoms with Crippen molar-refractivity contribution >= 4 is 32.5 Å². The average Bonchev–Trinajstić information content (AvgIpc) is 3.00. The number of aryl methyl sites for hydroxylation is 4. The summed E-state index contributed by atoms with van der Waals surface area (Å²) in [6.07, 6.45) is 2.68. The topological polar surface area (TPSA) is 94.4 Å². The molecular formula is C21H24N4O4S. The van der Waals surface area contributed by atoms with E-state index in [-0.39, 0.29) is 17.4 Å². The van der Waals surface area contributed by atoms with Gasteiger partial charge in [-0.25, -0.2) is 18.1 Å². The minimum absolute atomic E-state index is 0.160. The summed E-state index contributed by atoms with van der Waals surface area (Å²) in [6, 6.07) is 6.87. The SMILES string of the molecule is Cc1cc(C)c2c(OCC(=O)N3CCCc4cc(S(C)(=O)=O)ccc43)nn(C)c2n1. The molecule has 9 heteroatoms. The Morgan fingerprint density at radius 1 is 1.23 bits per heavy atom. The summed E-state index contributed by atoms with van der Waals surface area (Å²) in [6.45, 7) is 4.29. The van der Waals surface area contributed by atoms with E-state index >= 15 is 0 Å². The van der Waals surface area contributed by atoms with E-state index in [1.54, 1.807) is 34.8 Å². The van der Waals surface area contributed by atoms with Crippen molar-refractivity contribution in [1.29, 1.82) is 0 Å². The molecule has 1 aliphatic rings. The van der Waals surface area contributed by atoms with Gasteiger partial charge in [-0.15, -0.1) is 5.10 Å². The van der Waals surface area contributed by atoms with Gasteiger partial charge < -0.3 is 9.64 Å². The first-order valence-corrected chi connectivity index (χ1v) is 11.6. The number of amides is 1. The standard InChI is InChI=1S/C21H24N4O4S/c1-13-10-14(2)22-20-19(13)21(23-24(20)3)29-12-18(26)25-9-5-6-15-11-16(30(4,27)28)7-8-17(15)25/h7-8,10-11H,5-6,9,12H2,1-4H3. The van der Waals surface area contributed by atoms with Gasteiger partial charge in [0.15, 0.2) is 22.1 Å². The fraction of sp³-hybridized carbons (Fsp3) is 0.381. The van der Waals surface area contributed by atoms with Crippen molar-refractivity contribution in [2.75, 3.05) is 24.3 Å². The molecule has 0 aliphatic carbocycles. The molecule has 3 heterocycles. The number of fused-ring (bicyclic) bond motifs is 2. The Morgan fingerprint density at radius 3 is 2.73 bits per heavy atom. The molecule has 0 radical (unpaired) electrons. The molecule has 0 N–H and O–H groups in total. The van der Waals surface area contributed by atoms with Crippen LogP contribution in [-0.4, -0.2) is 48.5 Å². The van der Waals surface area contributed by atoms with E-state index in [2.05, 4.69) is 10.1 Å². The summed E-state index contributed by atoms with van der Waals surface area (Å²) in [5.41, 5.74) is 4.19. The largest absolute Gasteiger partial charge is 0.466 e. The third-order valence-corrected chi connectivity index (χ3v) is 6.43. The van der Waals surface area contributed by atoms with Crippen LogP contribution in [0.2, 0.25) is 0 Å². The van der Waals surface area contributed by atoms with Crippen molar-refractivity contribution in [1.82, 2.24) is 14.8 Å². The lowest BCUT2D eigenvalue weighted by Crippen LogP contribution is -2.38. The molecule has 3 aromatic rings. The fourth-order valence-corrected chi connectivity index (χ4v) is 4.59. The summed E-state index contributed by atoms with van der Waals surface area (Å²) in [4.78, 5) is 19.4. The second-order valence-electron chi connectivity index (χ2n) is 7.71. The molecule has 0 atom stereocenters. The van der Waals surface area contributed by atoms with E-state index in [1.807, 2.05) is 19.9 Å². The normalized spacial score (nSPS) is 14.1. The average molecular weight is 429 g/mol. The number of rotatable bonds is 4. The van der Waals surface area contributed by atoms with Crippen LogP contribution in [0.4, 0.5) is 5.69 Å². The molecular weight excluding hydrogens is 404 g/mol. The highest BCUT2D eigenvalue weighted by molar-refractivity contribution is 7.90. The number of carbonyl (C=O) groups is 1. The third kappa shape index (κ3) is 3.65. The Morgan fingerprint density at radius 2 is 2.00 bits per heavy atom. The van der Waals surface area contributed by atoms with Gasteiger partial charge in [-0.3, -0.25) is 4.79 Å². The fourth-order valence-electron chi connectivity index (χ4n) is 3.92. The van der Waals surface area contributed by atoms with E-state index in [0.717, 1.165) is 40.7 Å². The second-order valence-corrected chi connectivity index (χ2v) is 9.72. The Bertz CT molecular complexity index is 1260. The number of aromatic nitrogens is 3. The maximum Gasteiger partial charge on any atom is 0.264 e. The highest BCUT2D eigenvalue weighted by Crippen LogP contribution is 2.30. The summed E-state index contributed by atoms with van der Waals surface area (Å²) in [5.74, 6) is 0.190. The smallest absolute Gasteiger partial charge is 0.264 e. The highest BCUT2D eigenvalue weighted by atomic mass is 32.2. The van der Waals surface area contributed by atoms with Gasteiger partial charge in [0.2, 0.25) is 5.88 Å². The van der Waals surface area contributed by atoms with E-state index < -0.39 is 9.84 Å². The maximum atomic E-state index is 12.9. The van der Waals surface area contributed by atoms with Crippen LogP contribution in [0.1, 0.15) is 23.2 Å². The van der Waals surface area contributed by atoms with Crippen molar-refractivity contribution in [2.24, 2.45) is 7.05 Å². The molecule has 0 bridgehead atoms. The van der Waals surface area contributed by atoms with E-state index in [9.17, 15) is 13.2 Å². The zero-order valence-corrected chi connectivity index (χ0v) is 18.3. The predicted octanol–water partition coefficient (Wildman–Crippen LogP) is 2.35. The van der Waals surface area contributed by atoms with Crippen LogP contribution in [0.15, 0.2) is 29.2 Å². The van der Waals surface area contributed by atoms with Gasteiger partial charge in [0.05, 0.1) is 10.3 Å². The monoisotopic (exact) mass is 428 g/mol. The first-order chi connectivity index (χ1) is 14.1. The number of sulfone groups is 1. The molecule has 0 fully saturated rings. The molecule has 1 aromatic carbocycles. The molecule has 0 spiro atoms. The highest BCUT2D eigenvalue weighted by Gasteiger charge is 2.25. The van der Waals surface area contributed by atoms with Gasteiger partial charge >= 0.3 is 0 Å². The number of carbonyl (C=O) groups excluding carboxylic acids is 1. The lowest BCUT2D eigenvalue weighted by atomic mass is 10.0. The number of hydrogen-bond donors (Lipinski definition) is 0. The van der Waals surface area contributed by atoms with Crippen molar-refractivity contribution in [3.8, 4) is 5.88 Å². The molecule has 0 saturated carbocycles. The van der Waals surface area contributed by atoms with Crippen molar-refractivity contribution in [2.45, 2.75) is 31.6 Å². The van der Waals surface area contributed by atoms with E-state index in [4.69, 9.17) is 4.74 Å². The summed E-state index contributed by atoms with van der Waals surface area (Å²) >= 11 is 0. The molecule has 8 nitrogen and oxygen atoms in total. The van der Waals surface area contributed by atoms with Crippen molar-refractivity contribution < 1.29 is 17.9 Å². The lowest BCUT2D eigenvalue weighted by molar-refractivity contribution is -0.120. The zero-order valence-electron chi connectivity index (χ0n) is 17.5. The van der Waals surface area contributed by atoms with Crippen LogP contribution in [0, 0.1) is 13.8 Å². The van der Waals surface area contributed by atoms with E-state index in [0.29, 0.717) is 18.1 Å². The van der Waals surface area contributed by atoms with Gasteiger partial charge in [-0.05, 0) is 62.1 Å². The number of ether oxygens (including phenoxy) is 1. The minimum Gasteiger partial charge on any atom is -0.466 e. The number of anilines is 1. The van der Waals surface area contributed by atoms with Crippen LogP contribution in [0.3, 0.4) is 0 Å². The van der Waals surface area contributed by atoms with Gasteiger partial charge in [-0.2, -0.15) is 0 Å². The van der Waals surface area contributed by atoms with Gasteiger partial charge in [0.25, 0.3) is 5.91 Å². The first kappa shape index (κ1) is 20.3. The van der Waals surface area contributed by atoms with Gasteiger partial charge in [0, 0.05) is 31.2 Å². The number of nitrogens with zero attached hydrogens (tertiary/aromatic N) is 4. The summed E-state index contributed by atoms with van der Waals surface area (Å²) in [5, 5.41) is 5.19. The molecule has 158 valence electrons. The molecule has 1 amide bonds. The Hall–Kier alpha value is -2.94. The van der Waals surface area contributed by atoms with Gasteiger partial charge in [0.1, 0.15) is 0 Å². The predicted molar refractivity (Wildman–Crippen MR) is 114 cm³/mol. The quantitative estimate of drug-likeness (QED) is 0.633. The second kappa shape index (κ2) is 7.39. The van der Waals surface area contributed by atoms with Crippen LogP contribution < -0.4 is 9.64 Å². The molecule has 4 rings (SSSR count). The first-order valence-electron chi connectivity index (χ1n) is 9.72. The molecule has 0 unspecified atom stereocenters. The van der Waals surface area contributed by atoms with Crippen LogP contribution in [-0.2, 0) is 28.1 Å². The molecule has 0 saturated heterocycles. The zero-order chi connectivity index (χ0) is 21.6. The maximum absolute atomic E-state index is 12.9. The third-order valence-electron chi connectivity index (χ3n) is 5.32. The van der Waals surface area contributed by atoms with Crippen LogP contribution in [0.25, 0.3) is 11.0 Å². The molecule has 30 heavy (non-hydrogen) atoms. The van der Waals surface area contributed by atoms with Crippen LogP contribution in [0.5, 0.6) is 5.88 Å². The minimum atomic E-state index is -3.29. The van der Waals surface area contributed by atoms with Crippen molar-refractivity contribution in [3.63, 3.8) is 0 Å². The summed E-state index contributed by atoms with van der Waals surface area (Å²) in [7, 11) is -1.50.